The standard InChI is InChI=1S/C8H6N2O2/c11-8(12)7-5-3-1-2-4-6(5)9-10-7/h1-4H,(H,9,10)(H,11,12)/i1D,2D,3D,4D. The van der Waals surface area contributed by atoms with Gasteiger partial charge in [0.05, 0.1) is 11.0 Å². The van der Waals surface area contributed by atoms with Crippen molar-refractivity contribution in [1.29, 1.82) is 0 Å². The van der Waals surface area contributed by atoms with E-state index in [1.165, 1.54) is 0 Å². The van der Waals surface area contributed by atoms with E-state index in [4.69, 9.17) is 10.6 Å². The number of para-hydroxylation sites is 1. The van der Waals surface area contributed by atoms with Gasteiger partial charge in [0.25, 0.3) is 0 Å². The van der Waals surface area contributed by atoms with Gasteiger partial charge in [-0.25, -0.2) is 4.79 Å². The third-order valence-corrected chi connectivity index (χ3v) is 1.41. The number of rotatable bonds is 1. The van der Waals surface area contributed by atoms with Crippen LogP contribution in [0.4, 0.5) is 0 Å². The molecule has 0 aliphatic carbocycles. The Morgan fingerprint density at radius 3 is 3.08 bits per heavy atom. The molecule has 0 aliphatic heterocycles. The van der Waals surface area contributed by atoms with Crippen LogP contribution in [0.5, 0.6) is 0 Å². The maximum absolute atomic E-state index is 10.8. The van der Waals surface area contributed by atoms with Crippen LogP contribution in [-0.2, 0) is 0 Å². The van der Waals surface area contributed by atoms with Crippen LogP contribution in [0, 0.1) is 0 Å². The lowest BCUT2D eigenvalue weighted by atomic mass is 10.2. The Balaban J connectivity index is 3.00. The van der Waals surface area contributed by atoms with Crippen LogP contribution in [0.15, 0.2) is 24.2 Å². The maximum Gasteiger partial charge on any atom is 0.357 e. The summed E-state index contributed by atoms with van der Waals surface area (Å²) in [6, 6.07) is -1.61. The molecule has 2 aromatic rings. The molecule has 0 aliphatic rings. The highest BCUT2D eigenvalue weighted by Gasteiger charge is 2.10. The highest BCUT2D eigenvalue weighted by molar-refractivity contribution is 6.00. The number of carboxylic acids is 1. The van der Waals surface area contributed by atoms with Crippen molar-refractivity contribution in [2.75, 3.05) is 0 Å². The van der Waals surface area contributed by atoms with Gasteiger partial charge < -0.3 is 5.11 Å². The number of carbonyl (C=O) groups is 1. The van der Waals surface area contributed by atoms with E-state index in [1.807, 2.05) is 0 Å². The molecule has 0 atom stereocenters. The van der Waals surface area contributed by atoms with Gasteiger partial charge in [-0.05, 0) is 6.04 Å². The minimum absolute atomic E-state index is 0.00315. The minimum atomic E-state index is -1.34. The summed E-state index contributed by atoms with van der Waals surface area (Å²) in [6.07, 6.45) is 0. The normalized spacial score (nSPS) is 15.0. The lowest BCUT2D eigenvalue weighted by Crippen LogP contribution is -1.96. The van der Waals surface area contributed by atoms with E-state index in [2.05, 4.69) is 10.2 Å². The number of aromatic amines is 1. The second kappa shape index (κ2) is 2.34. The van der Waals surface area contributed by atoms with E-state index in [1.54, 1.807) is 0 Å². The van der Waals surface area contributed by atoms with Crippen molar-refractivity contribution in [3.05, 3.63) is 29.9 Å². The summed E-state index contributed by atoms with van der Waals surface area (Å²) in [6.45, 7) is 0. The molecule has 4 nitrogen and oxygen atoms in total. The monoisotopic (exact) mass is 166 g/mol. The number of aromatic carboxylic acids is 1. The first kappa shape index (κ1) is 3.71. The molecule has 60 valence electrons. The summed E-state index contributed by atoms with van der Waals surface area (Å²) in [4.78, 5) is 10.8. The molecular formula is C8H6N2O2. The fraction of sp³-hybridized carbons (Fsp3) is 0. The van der Waals surface area contributed by atoms with Crippen molar-refractivity contribution < 1.29 is 15.4 Å². The topological polar surface area (TPSA) is 66.0 Å². The van der Waals surface area contributed by atoms with Crippen LogP contribution in [0.2, 0.25) is 0 Å². The van der Waals surface area contributed by atoms with Gasteiger partial charge in [0.1, 0.15) is 0 Å². The number of hydrogen-bond acceptors (Lipinski definition) is 2. The number of nitrogens with one attached hydrogen (secondary N) is 1. The molecule has 1 heterocycles. The average Bonchev–Trinajstić information content (AvgIpc) is 2.67. The second-order valence-corrected chi connectivity index (χ2v) is 2.13. The first-order valence-electron chi connectivity index (χ1n) is 5.12. The molecule has 4 heteroatoms. The summed E-state index contributed by atoms with van der Waals surface area (Å²) in [5.41, 5.74) is -0.398. The lowest BCUT2D eigenvalue weighted by molar-refractivity contribution is 0.0692. The maximum atomic E-state index is 10.8. The number of benzene rings is 1. The van der Waals surface area contributed by atoms with E-state index in [0.717, 1.165) is 0 Å². The van der Waals surface area contributed by atoms with Crippen molar-refractivity contribution in [3.8, 4) is 0 Å². The van der Waals surface area contributed by atoms with Crippen molar-refractivity contribution in [2.24, 2.45) is 0 Å². The molecule has 2 rings (SSSR count). The Bertz CT molecular complexity index is 608. The number of H-pyrrole nitrogens is 1. The van der Waals surface area contributed by atoms with Crippen molar-refractivity contribution >= 4 is 16.9 Å². The first-order valence-corrected chi connectivity index (χ1v) is 3.12. The zero-order valence-corrected chi connectivity index (χ0v) is 5.80. The third kappa shape index (κ3) is 0.852. The van der Waals surface area contributed by atoms with E-state index < -0.39 is 29.8 Å². The third-order valence-electron chi connectivity index (χ3n) is 1.41. The molecular weight excluding hydrogens is 156 g/mol. The lowest BCUT2D eigenvalue weighted by Gasteiger charge is -1.87. The van der Waals surface area contributed by atoms with E-state index >= 15 is 0 Å². The van der Waals surface area contributed by atoms with Gasteiger partial charge in [-0.3, -0.25) is 5.10 Å². The molecule has 0 bridgehead atoms. The Kier molecular flexibility index (Phi) is 0.722. The van der Waals surface area contributed by atoms with Crippen molar-refractivity contribution in [2.45, 2.75) is 0 Å². The number of fused-ring (bicyclic) bond motifs is 1. The SMILES string of the molecule is [2H]c1c([2H])c([2H])c2c(C(=O)O)n[nH]c2c1[2H]. The molecule has 0 radical (unpaired) electrons. The molecule has 1 aromatic heterocycles. The number of aromatic nitrogens is 2. The van der Waals surface area contributed by atoms with Gasteiger partial charge >= 0.3 is 5.97 Å². The molecule has 0 saturated heterocycles. The highest BCUT2D eigenvalue weighted by atomic mass is 16.4. The van der Waals surface area contributed by atoms with Gasteiger partial charge in [0, 0.05) is 5.39 Å². The zero-order chi connectivity index (χ0) is 12.0. The summed E-state index contributed by atoms with van der Waals surface area (Å²) < 4.78 is 29.9. The van der Waals surface area contributed by atoms with Gasteiger partial charge in [-0.2, -0.15) is 5.10 Å². The Morgan fingerprint density at radius 2 is 2.33 bits per heavy atom. The van der Waals surface area contributed by atoms with Gasteiger partial charge in [-0.15, -0.1) is 0 Å². The number of carboxylic acid groups (broad SMARTS) is 1. The Morgan fingerprint density at radius 1 is 1.58 bits per heavy atom. The molecule has 0 amide bonds. The predicted octanol–water partition coefficient (Wildman–Crippen LogP) is 1.26. The summed E-state index contributed by atoms with van der Waals surface area (Å²) >= 11 is 0. The van der Waals surface area contributed by atoms with E-state index in [-0.39, 0.29) is 16.9 Å². The largest absolute Gasteiger partial charge is 0.476 e. The fourth-order valence-corrected chi connectivity index (χ4v) is 0.896. The number of hydrogen-bond donors (Lipinski definition) is 2. The molecule has 1 aromatic carbocycles. The Labute approximate surface area is 73.5 Å². The predicted molar refractivity (Wildman–Crippen MR) is 43.1 cm³/mol. The van der Waals surface area contributed by atoms with Gasteiger partial charge in [0.2, 0.25) is 0 Å². The molecule has 12 heavy (non-hydrogen) atoms. The first-order chi connectivity index (χ1) is 7.45. The van der Waals surface area contributed by atoms with Gasteiger partial charge in [-0.1, -0.05) is 18.1 Å². The minimum Gasteiger partial charge on any atom is -0.476 e. The zero-order valence-electron chi connectivity index (χ0n) is 9.80. The number of nitrogens with zero attached hydrogens (tertiary/aromatic N) is 1. The highest BCUT2D eigenvalue weighted by Crippen LogP contribution is 2.14. The molecule has 0 fully saturated rings. The van der Waals surface area contributed by atoms with E-state index in [9.17, 15) is 4.79 Å². The van der Waals surface area contributed by atoms with Crippen molar-refractivity contribution in [3.63, 3.8) is 0 Å². The summed E-state index contributed by atoms with van der Waals surface area (Å²) in [5, 5.41) is 14.5. The van der Waals surface area contributed by atoms with Crippen LogP contribution in [-0.4, -0.2) is 21.3 Å². The van der Waals surface area contributed by atoms with Gasteiger partial charge in [0.15, 0.2) is 5.69 Å². The second-order valence-electron chi connectivity index (χ2n) is 2.13. The quantitative estimate of drug-likeness (QED) is 0.670. The van der Waals surface area contributed by atoms with Crippen LogP contribution in [0.1, 0.15) is 16.0 Å². The molecule has 0 unspecified atom stereocenters. The fourth-order valence-electron chi connectivity index (χ4n) is 0.896. The summed E-state index contributed by atoms with van der Waals surface area (Å²) in [5.74, 6) is -1.34. The average molecular weight is 166 g/mol. The Hall–Kier alpha value is -1.84. The van der Waals surface area contributed by atoms with Crippen LogP contribution < -0.4 is 0 Å². The van der Waals surface area contributed by atoms with E-state index in [0.29, 0.717) is 0 Å². The van der Waals surface area contributed by atoms with Crippen LogP contribution in [0.3, 0.4) is 0 Å². The van der Waals surface area contributed by atoms with Crippen LogP contribution in [0.25, 0.3) is 10.9 Å². The molecule has 0 spiro atoms. The van der Waals surface area contributed by atoms with Crippen molar-refractivity contribution in [1.82, 2.24) is 10.2 Å². The smallest absolute Gasteiger partial charge is 0.357 e. The molecule has 0 saturated carbocycles. The van der Waals surface area contributed by atoms with Crippen LogP contribution >= 0.6 is 0 Å². The summed E-state index contributed by atoms with van der Waals surface area (Å²) in [7, 11) is 0. The molecule has 2 N–H and O–H groups in total.